The van der Waals surface area contributed by atoms with Crippen molar-refractivity contribution in [1.29, 1.82) is 5.26 Å². The zero-order chi connectivity index (χ0) is 11.4. The first-order chi connectivity index (χ1) is 7.08. The second-order valence-electron chi connectivity index (χ2n) is 2.83. The number of alkyl halides is 2. The number of aryl methyl sites for hydroxylation is 1. The van der Waals surface area contributed by atoms with Gasteiger partial charge in [-0.25, -0.2) is 0 Å². The van der Waals surface area contributed by atoms with Crippen molar-refractivity contribution in [1.82, 2.24) is 0 Å². The van der Waals surface area contributed by atoms with Crippen LogP contribution in [0.15, 0.2) is 12.1 Å². The van der Waals surface area contributed by atoms with Gasteiger partial charge in [0, 0.05) is 0 Å². The van der Waals surface area contributed by atoms with Crippen LogP contribution in [-0.4, -0.2) is 12.9 Å². The summed E-state index contributed by atoms with van der Waals surface area (Å²) in [6.07, 6.45) is 0.329. The maximum absolute atomic E-state index is 12.0. The third-order valence-corrected chi connectivity index (χ3v) is 1.74. The molecule has 0 spiro atoms. The van der Waals surface area contributed by atoms with Crippen molar-refractivity contribution in [3.8, 4) is 11.8 Å². The van der Waals surface area contributed by atoms with Crippen molar-refractivity contribution < 1.29 is 18.3 Å². The molecule has 0 aliphatic carbocycles. The molecule has 0 saturated heterocycles. The highest BCUT2D eigenvalue weighted by Gasteiger charge is 2.13. The second-order valence-corrected chi connectivity index (χ2v) is 2.83. The number of carbonyl (C=O) groups excluding carboxylic acids is 1. The molecule has 1 rings (SSSR count). The van der Waals surface area contributed by atoms with Crippen LogP contribution >= 0.6 is 0 Å². The average Bonchev–Trinajstić information content (AvgIpc) is 2.15. The van der Waals surface area contributed by atoms with E-state index in [1.807, 2.05) is 0 Å². The van der Waals surface area contributed by atoms with Crippen molar-refractivity contribution in [3.05, 3.63) is 28.8 Å². The molecule has 0 N–H and O–H groups in total. The molecule has 3 nitrogen and oxygen atoms in total. The number of nitrogens with zero attached hydrogens (tertiary/aromatic N) is 1. The molecule has 0 aliphatic rings. The van der Waals surface area contributed by atoms with E-state index < -0.39 is 6.61 Å². The Morgan fingerprint density at radius 1 is 1.53 bits per heavy atom. The van der Waals surface area contributed by atoms with Crippen LogP contribution in [0.5, 0.6) is 5.75 Å². The fourth-order valence-electron chi connectivity index (χ4n) is 1.17. The van der Waals surface area contributed by atoms with Gasteiger partial charge in [0.25, 0.3) is 0 Å². The van der Waals surface area contributed by atoms with E-state index in [4.69, 9.17) is 5.26 Å². The minimum atomic E-state index is -3.02. The first-order valence-electron chi connectivity index (χ1n) is 4.03. The van der Waals surface area contributed by atoms with Crippen molar-refractivity contribution in [2.24, 2.45) is 0 Å². The van der Waals surface area contributed by atoms with Crippen LogP contribution < -0.4 is 4.74 Å². The molecule has 0 unspecified atom stereocenters. The molecule has 1 aromatic carbocycles. The van der Waals surface area contributed by atoms with Crippen molar-refractivity contribution in [2.75, 3.05) is 0 Å². The number of carbonyl (C=O) groups is 1. The number of nitriles is 1. The Bertz CT molecular complexity index is 424. The first-order valence-corrected chi connectivity index (χ1v) is 4.03. The molecule has 1 aromatic rings. The minimum absolute atomic E-state index is 0.0284. The molecule has 0 bridgehead atoms. The maximum Gasteiger partial charge on any atom is 0.387 e. The molecule has 0 heterocycles. The molecule has 0 aromatic heterocycles. The molecule has 78 valence electrons. The molecule has 0 aliphatic heterocycles. The monoisotopic (exact) mass is 211 g/mol. The van der Waals surface area contributed by atoms with E-state index >= 15 is 0 Å². The Hall–Kier alpha value is -1.96. The topological polar surface area (TPSA) is 50.1 Å². The number of hydrogen-bond donors (Lipinski definition) is 0. The zero-order valence-corrected chi connectivity index (χ0v) is 7.83. The van der Waals surface area contributed by atoms with Crippen LogP contribution in [-0.2, 0) is 0 Å². The number of aldehydes is 1. The largest absolute Gasteiger partial charge is 0.434 e. The smallest absolute Gasteiger partial charge is 0.387 e. The Kier molecular flexibility index (Phi) is 3.34. The molecule has 0 saturated carbocycles. The lowest BCUT2D eigenvalue weighted by Crippen LogP contribution is -2.05. The van der Waals surface area contributed by atoms with Crippen molar-refractivity contribution in [3.63, 3.8) is 0 Å². The highest BCUT2D eigenvalue weighted by Crippen LogP contribution is 2.24. The van der Waals surface area contributed by atoms with Gasteiger partial charge in [-0.3, -0.25) is 4.79 Å². The summed E-state index contributed by atoms with van der Waals surface area (Å²) >= 11 is 0. The summed E-state index contributed by atoms with van der Waals surface area (Å²) in [5.74, 6) is -0.267. The third-order valence-electron chi connectivity index (χ3n) is 1.74. The van der Waals surface area contributed by atoms with E-state index in [-0.39, 0.29) is 16.9 Å². The molecular weight excluding hydrogens is 204 g/mol. The molecular formula is C10H7F2NO2. The lowest BCUT2D eigenvalue weighted by atomic mass is 10.1. The molecule has 0 radical (unpaired) electrons. The molecule has 0 atom stereocenters. The summed E-state index contributed by atoms with van der Waals surface area (Å²) in [6, 6.07) is 4.47. The van der Waals surface area contributed by atoms with Gasteiger partial charge >= 0.3 is 6.61 Å². The van der Waals surface area contributed by atoms with Crippen LogP contribution in [0.1, 0.15) is 21.5 Å². The highest BCUT2D eigenvalue weighted by molar-refractivity contribution is 5.83. The molecule has 5 heteroatoms. The van der Waals surface area contributed by atoms with Crippen LogP contribution in [0, 0.1) is 18.3 Å². The van der Waals surface area contributed by atoms with Gasteiger partial charge in [-0.05, 0) is 24.6 Å². The Morgan fingerprint density at radius 2 is 2.20 bits per heavy atom. The Balaban J connectivity index is 3.30. The van der Waals surface area contributed by atoms with Gasteiger partial charge in [0.15, 0.2) is 6.29 Å². The number of ether oxygens (including phenoxy) is 1. The molecule has 0 fully saturated rings. The summed E-state index contributed by atoms with van der Waals surface area (Å²) in [4.78, 5) is 10.6. The standard InChI is InChI=1S/C10H7F2NO2/c1-6-2-7(4-13)8(5-14)9(3-6)15-10(11)12/h2-3,5,10H,1H3. The maximum atomic E-state index is 12.0. The second kappa shape index (κ2) is 4.51. The van der Waals surface area contributed by atoms with Crippen molar-refractivity contribution >= 4 is 6.29 Å². The molecule has 0 amide bonds. The van der Waals surface area contributed by atoms with E-state index in [9.17, 15) is 13.6 Å². The number of rotatable bonds is 3. The number of benzene rings is 1. The lowest BCUT2D eigenvalue weighted by molar-refractivity contribution is -0.0501. The fourth-order valence-corrected chi connectivity index (χ4v) is 1.17. The fraction of sp³-hybridized carbons (Fsp3) is 0.200. The highest BCUT2D eigenvalue weighted by atomic mass is 19.3. The van der Waals surface area contributed by atoms with E-state index in [1.54, 1.807) is 13.0 Å². The predicted molar refractivity (Wildman–Crippen MR) is 47.9 cm³/mol. The number of hydrogen-bond acceptors (Lipinski definition) is 3. The Morgan fingerprint density at radius 3 is 2.67 bits per heavy atom. The molecule has 15 heavy (non-hydrogen) atoms. The number of halogens is 2. The summed E-state index contributed by atoms with van der Waals surface area (Å²) in [5.41, 5.74) is 0.455. The summed E-state index contributed by atoms with van der Waals surface area (Å²) < 4.78 is 28.1. The Labute approximate surface area is 84.9 Å². The van der Waals surface area contributed by atoms with Gasteiger partial charge in [0.2, 0.25) is 0 Å². The summed E-state index contributed by atoms with van der Waals surface area (Å²) in [7, 11) is 0. The van der Waals surface area contributed by atoms with Crippen LogP contribution in [0.3, 0.4) is 0 Å². The summed E-state index contributed by atoms with van der Waals surface area (Å²) in [5, 5.41) is 8.68. The SMILES string of the molecule is Cc1cc(C#N)c(C=O)c(OC(F)F)c1. The third kappa shape index (κ3) is 2.50. The first kappa shape index (κ1) is 11.1. The minimum Gasteiger partial charge on any atom is -0.434 e. The van der Waals surface area contributed by atoms with E-state index in [2.05, 4.69) is 4.74 Å². The normalized spacial score (nSPS) is 9.80. The van der Waals surface area contributed by atoms with Crippen molar-refractivity contribution in [2.45, 2.75) is 13.5 Å². The van der Waals surface area contributed by atoms with Crippen LogP contribution in [0.4, 0.5) is 8.78 Å². The van der Waals surface area contributed by atoms with E-state index in [0.29, 0.717) is 11.8 Å². The van der Waals surface area contributed by atoms with E-state index in [0.717, 1.165) is 0 Å². The summed E-state index contributed by atoms with van der Waals surface area (Å²) in [6.45, 7) is -1.40. The van der Waals surface area contributed by atoms with Gasteiger partial charge in [-0.1, -0.05) is 0 Å². The quantitative estimate of drug-likeness (QED) is 0.720. The van der Waals surface area contributed by atoms with Gasteiger partial charge in [0.05, 0.1) is 11.1 Å². The zero-order valence-electron chi connectivity index (χ0n) is 7.83. The van der Waals surface area contributed by atoms with Gasteiger partial charge in [0.1, 0.15) is 11.8 Å². The van der Waals surface area contributed by atoms with Gasteiger partial charge < -0.3 is 4.74 Å². The lowest BCUT2D eigenvalue weighted by Gasteiger charge is -2.08. The average molecular weight is 211 g/mol. The van der Waals surface area contributed by atoms with Gasteiger partial charge in [-0.15, -0.1) is 0 Å². The van der Waals surface area contributed by atoms with Gasteiger partial charge in [-0.2, -0.15) is 14.0 Å². The van der Waals surface area contributed by atoms with Crippen LogP contribution in [0.2, 0.25) is 0 Å². The van der Waals surface area contributed by atoms with Crippen LogP contribution in [0.25, 0.3) is 0 Å². The van der Waals surface area contributed by atoms with E-state index in [1.165, 1.54) is 12.1 Å². The predicted octanol–water partition coefficient (Wildman–Crippen LogP) is 2.28.